The predicted octanol–water partition coefficient (Wildman–Crippen LogP) is 4.52. The lowest BCUT2D eigenvalue weighted by atomic mass is 10.2. The Hall–Kier alpha value is -1.23. The third-order valence-electron chi connectivity index (χ3n) is 3.13. The number of rotatable bonds is 4. The first-order valence-electron chi connectivity index (χ1n) is 6.40. The number of sulfonamides is 1. The second kappa shape index (κ2) is 6.26. The highest BCUT2D eigenvalue weighted by atomic mass is 35.5. The molecule has 0 heterocycles. The average Bonchev–Trinajstić information content (AvgIpc) is 2.43. The highest BCUT2D eigenvalue weighted by Crippen LogP contribution is 2.29. The van der Waals surface area contributed by atoms with Gasteiger partial charge in [0.05, 0.1) is 10.6 Å². The van der Waals surface area contributed by atoms with Crippen LogP contribution in [0.5, 0.6) is 0 Å². The van der Waals surface area contributed by atoms with E-state index in [2.05, 4.69) is 0 Å². The van der Waals surface area contributed by atoms with Crippen LogP contribution in [0.15, 0.2) is 47.4 Å². The number of hydrogen-bond acceptors (Lipinski definition) is 2. The van der Waals surface area contributed by atoms with Crippen LogP contribution in [-0.4, -0.2) is 15.0 Å². The van der Waals surface area contributed by atoms with Gasteiger partial charge in [0.2, 0.25) is 0 Å². The maximum atomic E-state index is 12.8. The minimum Gasteiger partial charge on any atom is -0.266 e. The molecule has 2 aromatic carbocycles. The smallest absolute Gasteiger partial charge is 0.264 e. The van der Waals surface area contributed by atoms with E-state index in [4.69, 9.17) is 23.2 Å². The zero-order valence-electron chi connectivity index (χ0n) is 11.7. The van der Waals surface area contributed by atoms with E-state index in [1.807, 2.05) is 6.92 Å². The van der Waals surface area contributed by atoms with E-state index in [0.717, 1.165) is 5.56 Å². The van der Waals surface area contributed by atoms with Gasteiger partial charge in [0.25, 0.3) is 10.0 Å². The lowest BCUT2D eigenvalue weighted by Crippen LogP contribution is -2.31. The van der Waals surface area contributed by atoms with Gasteiger partial charge < -0.3 is 0 Å². The molecule has 0 aliphatic carbocycles. The molecule has 0 atom stereocenters. The third-order valence-corrected chi connectivity index (χ3v) is 5.52. The molecule has 0 aliphatic rings. The van der Waals surface area contributed by atoms with Crippen molar-refractivity contribution in [1.82, 2.24) is 0 Å². The lowest BCUT2D eigenvalue weighted by Gasteiger charge is -2.24. The summed E-state index contributed by atoms with van der Waals surface area (Å²) in [6.07, 6.45) is 0. The highest BCUT2D eigenvalue weighted by Gasteiger charge is 2.24. The van der Waals surface area contributed by atoms with Gasteiger partial charge in [-0.1, -0.05) is 29.3 Å². The summed E-state index contributed by atoms with van der Waals surface area (Å²) in [4.78, 5) is 0.202. The fraction of sp³-hybridized carbons (Fsp3) is 0.200. The Morgan fingerprint density at radius 3 is 2.14 bits per heavy atom. The molecule has 0 unspecified atom stereocenters. The number of hydrogen-bond donors (Lipinski definition) is 0. The molecule has 2 aromatic rings. The van der Waals surface area contributed by atoms with E-state index in [1.54, 1.807) is 37.3 Å². The first kappa shape index (κ1) is 16.1. The quantitative estimate of drug-likeness (QED) is 0.818. The van der Waals surface area contributed by atoms with Crippen LogP contribution < -0.4 is 4.31 Å². The molecule has 0 N–H and O–H groups in total. The van der Waals surface area contributed by atoms with Gasteiger partial charge >= 0.3 is 0 Å². The molecule has 0 saturated heterocycles. The van der Waals surface area contributed by atoms with Gasteiger partial charge in [0.15, 0.2) is 0 Å². The van der Waals surface area contributed by atoms with Gasteiger partial charge in [-0.05, 0) is 55.8 Å². The molecule has 0 bridgehead atoms. The van der Waals surface area contributed by atoms with Gasteiger partial charge in [-0.15, -0.1) is 0 Å². The molecule has 2 rings (SSSR count). The van der Waals surface area contributed by atoms with Gasteiger partial charge in [-0.25, -0.2) is 8.42 Å². The van der Waals surface area contributed by atoms with Crippen molar-refractivity contribution in [3.05, 3.63) is 58.1 Å². The summed E-state index contributed by atoms with van der Waals surface area (Å²) in [5, 5.41) is 0.997. The minimum absolute atomic E-state index is 0.202. The number of anilines is 1. The summed E-state index contributed by atoms with van der Waals surface area (Å²) in [7, 11) is -3.64. The topological polar surface area (TPSA) is 37.4 Å². The molecule has 0 saturated carbocycles. The van der Waals surface area contributed by atoms with E-state index in [9.17, 15) is 8.42 Å². The number of halogens is 2. The van der Waals surface area contributed by atoms with Crippen molar-refractivity contribution in [1.29, 1.82) is 0 Å². The maximum absolute atomic E-state index is 12.8. The van der Waals surface area contributed by atoms with Crippen LogP contribution in [0, 0.1) is 6.92 Å². The van der Waals surface area contributed by atoms with Gasteiger partial charge in [0.1, 0.15) is 0 Å². The zero-order chi connectivity index (χ0) is 15.6. The van der Waals surface area contributed by atoms with Crippen LogP contribution >= 0.6 is 23.2 Å². The van der Waals surface area contributed by atoms with Crippen molar-refractivity contribution in [2.24, 2.45) is 0 Å². The molecule has 0 fully saturated rings. The second-order valence-corrected chi connectivity index (χ2v) is 7.29. The summed E-state index contributed by atoms with van der Waals surface area (Å²) >= 11 is 11.8. The molecule has 0 aliphatic heterocycles. The van der Waals surface area contributed by atoms with Gasteiger partial charge in [0, 0.05) is 16.6 Å². The third kappa shape index (κ3) is 3.34. The standard InChI is InChI=1S/C15H15Cl2NO2S/c1-3-18(15-10-13(17)5-4-11(15)2)21(19,20)14-8-6-12(16)7-9-14/h4-10H,3H2,1-2H3. The molecule has 0 aromatic heterocycles. The van der Waals surface area contributed by atoms with Crippen molar-refractivity contribution in [2.75, 3.05) is 10.8 Å². The summed E-state index contributed by atoms with van der Waals surface area (Å²) in [6.45, 7) is 3.95. The normalized spacial score (nSPS) is 11.4. The number of benzene rings is 2. The summed E-state index contributed by atoms with van der Waals surface area (Å²) in [5.74, 6) is 0. The maximum Gasteiger partial charge on any atom is 0.264 e. The largest absolute Gasteiger partial charge is 0.266 e. The Bertz CT molecular complexity index is 743. The van der Waals surface area contributed by atoms with Crippen LogP contribution in [0.4, 0.5) is 5.69 Å². The highest BCUT2D eigenvalue weighted by molar-refractivity contribution is 7.92. The van der Waals surface area contributed by atoms with Gasteiger partial charge in [-0.3, -0.25) is 4.31 Å². The molecule has 3 nitrogen and oxygen atoms in total. The molecule has 0 amide bonds. The zero-order valence-corrected chi connectivity index (χ0v) is 14.0. The van der Waals surface area contributed by atoms with E-state index >= 15 is 0 Å². The van der Waals surface area contributed by atoms with E-state index < -0.39 is 10.0 Å². The molecule has 0 radical (unpaired) electrons. The Kier molecular flexibility index (Phi) is 4.81. The van der Waals surface area contributed by atoms with Crippen LogP contribution in [0.25, 0.3) is 0 Å². The Labute approximate surface area is 135 Å². The monoisotopic (exact) mass is 343 g/mol. The molecular weight excluding hydrogens is 329 g/mol. The average molecular weight is 344 g/mol. The van der Waals surface area contributed by atoms with Gasteiger partial charge in [-0.2, -0.15) is 0 Å². The van der Waals surface area contributed by atoms with E-state index in [-0.39, 0.29) is 4.90 Å². The fourth-order valence-electron chi connectivity index (χ4n) is 2.05. The first-order valence-corrected chi connectivity index (χ1v) is 8.60. The van der Waals surface area contributed by atoms with Crippen LogP contribution in [0.1, 0.15) is 12.5 Å². The van der Waals surface area contributed by atoms with Crippen LogP contribution in [0.2, 0.25) is 10.0 Å². The van der Waals surface area contributed by atoms with Crippen molar-refractivity contribution >= 4 is 38.9 Å². The second-order valence-electron chi connectivity index (χ2n) is 4.55. The summed E-state index contributed by atoms with van der Waals surface area (Å²) in [6, 6.07) is 11.3. The lowest BCUT2D eigenvalue weighted by molar-refractivity contribution is 0.592. The number of aryl methyl sites for hydroxylation is 1. The van der Waals surface area contributed by atoms with E-state index in [1.165, 1.54) is 16.4 Å². The van der Waals surface area contributed by atoms with E-state index in [0.29, 0.717) is 22.3 Å². The summed E-state index contributed by atoms with van der Waals surface area (Å²) < 4.78 is 26.9. The van der Waals surface area contributed by atoms with Crippen molar-refractivity contribution < 1.29 is 8.42 Å². The van der Waals surface area contributed by atoms with Crippen LogP contribution in [0.3, 0.4) is 0 Å². The predicted molar refractivity (Wildman–Crippen MR) is 87.8 cm³/mol. The Balaban J connectivity index is 2.54. The molecule has 6 heteroatoms. The molecule has 21 heavy (non-hydrogen) atoms. The van der Waals surface area contributed by atoms with Crippen molar-refractivity contribution in [3.8, 4) is 0 Å². The Morgan fingerprint density at radius 2 is 1.57 bits per heavy atom. The molecular formula is C15H15Cl2NO2S. The summed E-state index contributed by atoms with van der Waals surface area (Å²) in [5.41, 5.74) is 1.43. The number of nitrogens with zero attached hydrogens (tertiary/aromatic N) is 1. The molecule has 0 spiro atoms. The SMILES string of the molecule is CCN(c1cc(Cl)ccc1C)S(=O)(=O)c1ccc(Cl)cc1. The Morgan fingerprint density at radius 1 is 1.00 bits per heavy atom. The van der Waals surface area contributed by atoms with Crippen molar-refractivity contribution in [3.63, 3.8) is 0 Å². The van der Waals surface area contributed by atoms with Crippen molar-refractivity contribution in [2.45, 2.75) is 18.7 Å². The van der Waals surface area contributed by atoms with Crippen LogP contribution in [-0.2, 0) is 10.0 Å². The fourth-order valence-corrected chi connectivity index (χ4v) is 3.88. The first-order chi connectivity index (χ1) is 9.86. The molecule has 112 valence electrons. The minimum atomic E-state index is -3.64.